The molecule has 4 aromatic rings. The molecule has 0 spiro atoms. The Balaban J connectivity index is 1.33. The van der Waals surface area contributed by atoms with Gasteiger partial charge in [-0.3, -0.25) is 27.8 Å². The van der Waals surface area contributed by atoms with E-state index in [4.69, 9.17) is 28.5 Å². The number of carbonyl (C=O) groups is 3. The average molecular weight is 1200 g/mol. The van der Waals surface area contributed by atoms with Crippen LogP contribution in [-0.2, 0) is 94.2 Å². The molecule has 1 atom stereocenters. The standard InChI is InChI=1S/C52H63N3O21S4/c1-51(2)44(53(20-8-6-7-12-48(58)76-55-46(56)17-18-47(55)57)40-15-13-36-38(49(40)51)30-34(77(59,60)61)32-42(36)79(65,66)67)10-9-11-45-52(3,19-22-73-26-27-75-29-28-74-25-24-72-5)50-39-31-35(78(62,63)64)33-43(80(68,69)70)37(39)14-16-41(50)54(45)21-23-71-4/h9-11,13-16,30-33H,6-8,12,17-29H2,1-5H3,(H3-,59,60,61,62,63,64,65,66,67,68,69,70)/p+1. The van der Waals surface area contributed by atoms with Gasteiger partial charge in [0, 0.05) is 98.3 Å². The van der Waals surface area contributed by atoms with Crippen LogP contribution >= 0.6 is 0 Å². The van der Waals surface area contributed by atoms with Gasteiger partial charge in [-0.15, -0.1) is 5.06 Å². The monoisotopic (exact) mass is 1190 g/mol. The second kappa shape index (κ2) is 24.9. The summed E-state index contributed by atoms with van der Waals surface area (Å²) in [5.74, 6) is -2.01. The van der Waals surface area contributed by atoms with Crippen LogP contribution in [0.2, 0.25) is 0 Å². The summed E-state index contributed by atoms with van der Waals surface area (Å²) >= 11 is 0. The van der Waals surface area contributed by atoms with Crippen LogP contribution in [-0.4, -0.2) is 165 Å². The Kier molecular flexibility index (Phi) is 19.3. The minimum absolute atomic E-state index is 0.0388. The van der Waals surface area contributed by atoms with Crippen molar-refractivity contribution in [3.05, 3.63) is 83.6 Å². The average Bonchev–Trinajstić information content (AvgIpc) is 3.96. The molecule has 3 aliphatic heterocycles. The van der Waals surface area contributed by atoms with E-state index in [1.54, 1.807) is 37.5 Å². The molecule has 80 heavy (non-hydrogen) atoms. The van der Waals surface area contributed by atoms with E-state index in [0.29, 0.717) is 90.4 Å². The highest BCUT2D eigenvalue weighted by atomic mass is 32.2. The molecule has 0 aliphatic carbocycles. The largest absolute Gasteiger partial charge is 0.383 e. The fraction of sp³-hybridized carbons (Fsp3) is 0.462. The lowest BCUT2D eigenvalue weighted by Gasteiger charge is -2.31. The Morgan fingerprint density at radius 2 is 1.16 bits per heavy atom. The molecule has 24 nitrogen and oxygen atoms in total. The number of imide groups is 1. The van der Waals surface area contributed by atoms with E-state index in [0.717, 1.165) is 12.1 Å². The number of hydroxylamine groups is 2. The van der Waals surface area contributed by atoms with Gasteiger partial charge in [-0.2, -0.15) is 38.2 Å². The number of hydrogen-bond acceptors (Lipinski definition) is 18. The van der Waals surface area contributed by atoms with E-state index < -0.39 is 88.7 Å². The van der Waals surface area contributed by atoms with Crippen LogP contribution in [0.3, 0.4) is 0 Å². The number of methoxy groups -OCH3 is 2. The fourth-order valence-electron chi connectivity index (χ4n) is 10.5. The molecular weight excluding hydrogens is 1130 g/mol. The molecule has 4 N–H and O–H groups in total. The first-order valence-corrected chi connectivity index (χ1v) is 31.0. The minimum atomic E-state index is -5.09. The summed E-state index contributed by atoms with van der Waals surface area (Å²) in [6.45, 7) is 7.95. The molecule has 1 saturated heterocycles. The number of nitrogens with zero attached hydrogens (tertiary/aromatic N) is 3. The zero-order valence-corrected chi connectivity index (χ0v) is 47.8. The molecular formula is C52H64N3O21S4+. The third kappa shape index (κ3) is 13.5. The third-order valence-corrected chi connectivity index (χ3v) is 17.7. The summed E-state index contributed by atoms with van der Waals surface area (Å²) in [6, 6.07) is 9.69. The summed E-state index contributed by atoms with van der Waals surface area (Å²) < 4.78 is 173. The smallest absolute Gasteiger partial charge is 0.333 e. The van der Waals surface area contributed by atoms with E-state index in [1.165, 1.54) is 19.2 Å². The number of amides is 2. The van der Waals surface area contributed by atoms with E-state index in [2.05, 4.69) is 0 Å². The predicted molar refractivity (Wildman–Crippen MR) is 288 cm³/mol. The zero-order chi connectivity index (χ0) is 58.6. The number of anilines is 1. The number of fused-ring (bicyclic) bond motifs is 6. The quantitative estimate of drug-likeness (QED) is 0.0237. The highest BCUT2D eigenvalue weighted by Gasteiger charge is 2.48. The van der Waals surface area contributed by atoms with Gasteiger partial charge in [0.25, 0.3) is 52.3 Å². The number of carbonyl (C=O) groups excluding carboxylic acids is 3. The highest BCUT2D eigenvalue weighted by Crippen LogP contribution is 2.54. The second-order valence-electron chi connectivity index (χ2n) is 19.8. The number of unbranched alkanes of at least 4 members (excludes halogenated alkanes) is 2. The summed E-state index contributed by atoms with van der Waals surface area (Å²) in [7, 11) is -17.2. The predicted octanol–water partition coefficient (Wildman–Crippen LogP) is 5.47. The first kappa shape index (κ1) is 62.0. The maximum Gasteiger partial charge on any atom is 0.333 e. The SMILES string of the molecule is COCCOCCOCCOCCC1(C)C(=CC=CC2=[N+](CCCCCC(=O)ON3C(=O)CCC3=O)c3ccc4c(S(=O)(=O)O)cc(S(=O)(=O)O)cc4c3C2(C)C)N(CCOC)c2ccc3c(S(=O)(=O)O)cc(S(=O)(=O)O)cc3c21. The lowest BCUT2D eigenvalue weighted by molar-refractivity contribution is -0.438. The van der Waals surface area contributed by atoms with E-state index in [-0.39, 0.29) is 93.2 Å². The van der Waals surface area contributed by atoms with Gasteiger partial charge in [-0.25, -0.2) is 4.79 Å². The Morgan fingerprint density at radius 1 is 0.637 bits per heavy atom. The second-order valence-corrected chi connectivity index (χ2v) is 25.5. The molecule has 28 heteroatoms. The summed E-state index contributed by atoms with van der Waals surface area (Å²) in [4.78, 5) is 40.6. The van der Waals surface area contributed by atoms with Crippen LogP contribution in [0.5, 0.6) is 0 Å². The molecule has 0 bridgehead atoms. The van der Waals surface area contributed by atoms with Gasteiger partial charge >= 0.3 is 5.97 Å². The molecule has 3 aliphatic rings. The van der Waals surface area contributed by atoms with Crippen LogP contribution in [0.25, 0.3) is 21.5 Å². The third-order valence-electron chi connectivity index (χ3n) is 14.2. The molecule has 0 saturated carbocycles. The van der Waals surface area contributed by atoms with Crippen LogP contribution in [0.4, 0.5) is 11.4 Å². The number of ether oxygens (including phenoxy) is 5. The lowest BCUT2D eigenvalue weighted by atomic mass is 9.76. The molecule has 4 aromatic carbocycles. The van der Waals surface area contributed by atoms with E-state index in [9.17, 15) is 66.3 Å². The molecule has 3 heterocycles. The summed E-state index contributed by atoms with van der Waals surface area (Å²) in [5, 5.41) is 0.561. The van der Waals surface area contributed by atoms with Gasteiger partial charge in [-0.05, 0) is 98.8 Å². The van der Waals surface area contributed by atoms with Crippen LogP contribution < -0.4 is 4.90 Å². The Hall–Kier alpha value is -5.60. The van der Waals surface area contributed by atoms with Crippen molar-refractivity contribution in [2.75, 3.05) is 85.1 Å². The Labute approximate surface area is 463 Å². The van der Waals surface area contributed by atoms with Crippen molar-refractivity contribution in [2.24, 2.45) is 0 Å². The van der Waals surface area contributed by atoms with Crippen molar-refractivity contribution in [3.8, 4) is 0 Å². The first-order chi connectivity index (χ1) is 37.5. The molecule has 7 rings (SSSR count). The fourth-order valence-corrected chi connectivity index (χ4v) is 13.2. The zero-order valence-electron chi connectivity index (χ0n) is 44.6. The molecule has 436 valence electrons. The van der Waals surface area contributed by atoms with Gasteiger partial charge in [-0.1, -0.05) is 12.1 Å². The van der Waals surface area contributed by atoms with E-state index >= 15 is 0 Å². The Bertz CT molecular complexity index is 3640. The molecule has 0 aromatic heterocycles. The van der Waals surface area contributed by atoms with Crippen molar-refractivity contribution in [1.29, 1.82) is 0 Å². The molecule has 1 unspecified atom stereocenters. The maximum atomic E-state index is 12.9. The van der Waals surface area contributed by atoms with Crippen molar-refractivity contribution in [3.63, 3.8) is 0 Å². The van der Waals surface area contributed by atoms with E-state index in [1.807, 2.05) is 30.2 Å². The summed E-state index contributed by atoms with van der Waals surface area (Å²) in [5.41, 5.74) is 0.732. The number of hydrogen-bond donors (Lipinski definition) is 4. The van der Waals surface area contributed by atoms with Crippen LogP contribution in [0.1, 0.15) is 76.8 Å². The van der Waals surface area contributed by atoms with Gasteiger partial charge in [0.1, 0.15) is 16.3 Å². The van der Waals surface area contributed by atoms with Crippen molar-refractivity contribution >= 4 is 96.9 Å². The topological polar surface area (TPSA) is 334 Å². The van der Waals surface area contributed by atoms with Crippen LogP contribution in [0.15, 0.2) is 92.0 Å². The van der Waals surface area contributed by atoms with Crippen LogP contribution in [0, 0.1) is 0 Å². The maximum absolute atomic E-state index is 12.9. The number of benzene rings is 4. The Morgan fingerprint density at radius 3 is 1.70 bits per heavy atom. The van der Waals surface area contributed by atoms with Gasteiger partial charge in [0.2, 0.25) is 5.69 Å². The van der Waals surface area contributed by atoms with Gasteiger partial charge in [0.05, 0.1) is 61.5 Å². The number of rotatable bonds is 28. The molecule has 2 amide bonds. The molecule has 1 fully saturated rings. The highest BCUT2D eigenvalue weighted by molar-refractivity contribution is 7.87. The minimum Gasteiger partial charge on any atom is -0.383 e. The van der Waals surface area contributed by atoms with Crippen molar-refractivity contribution in [1.82, 2.24) is 5.06 Å². The lowest BCUT2D eigenvalue weighted by Crippen LogP contribution is -2.32. The summed E-state index contributed by atoms with van der Waals surface area (Å²) in [6.07, 6.45) is 6.36. The normalized spacial score (nSPS) is 18.2. The van der Waals surface area contributed by atoms with Crippen molar-refractivity contribution in [2.45, 2.75) is 96.1 Å². The number of allylic oxidation sites excluding steroid dienone is 4. The van der Waals surface area contributed by atoms with Gasteiger partial charge < -0.3 is 33.4 Å². The first-order valence-electron chi connectivity index (χ1n) is 25.3. The molecule has 0 radical (unpaired) electrons. The van der Waals surface area contributed by atoms with Crippen molar-refractivity contribution < 1.29 is 99.4 Å². The van der Waals surface area contributed by atoms with Gasteiger partial charge in [0.15, 0.2) is 5.71 Å².